The molecule has 3 aromatic rings. The van der Waals surface area contributed by atoms with Crippen LogP contribution in [0.2, 0.25) is 0 Å². The number of carbonyl (C=O) groups is 1. The van der Waals surface area contributed by atoms with Gasteiger partial charge in [0, 0.05) is 24.0 Å². The molecule has 1 N–H and O–H groups in total. The molecule has 0 bridgehead atoms. The quantitative estimate of drug-likeness (QED) is 0.782. The lowest BCUT2D eigenvalue weighted by Crippen LogP contribution is -2.16. The molecule has 3 rings (SSSR count). The van der Waals surface area contributed by atoms with Gasteiger partial charge in [-0.2, -0.15) is 5.10 Å². The maximum atomic E-state index is 12.1. The lowest BCUT2D eigenvalue weighted by atomic mass is 10.1. The van der Waals surface area contributed by atoms with Crippen LogP contribution >= 0.6 is 0 Å². The Bertz CT molecular complexity index is 774. The summed E-state index contributed by atoms with van der Waals surface area (Å²) in [5.41, 5.74) is 1.51. The predicted molar refractivity (Wildman–Crippen MR) is 77.5 cm³/mol. The minimum Gasteiger partial charge on any atom is -0.361 e. The van der Waals surface area contributed by atoms with E-state index < -0.39 is 0 Å². The Balaban J connectivity index is 1.73. The summed E-state index contributed by atoms with van der Waals surface area (Å²) in [5.74, 6) is 1.44. The molecule has 112 valence electrons. The average molecular weight is 298 g/mol. The van der Waals surface area contributed by atoms with Crippen LogP contribution in [0.15, 0.2) is 35.4 Å². The van der Waals surface area contributed by atoms with Gasteiger partial charge in [-0.25, -0.2) is 14.6 Å². The van der Waals surface area contributed by atoms with Gasteiger partial charge in [0.2, 0.25) is 5.91 Å². The highest BCUT2D eigenvalue weighted by molar-refractivity contribution is 5.91. The second-order valence-electron chi connectivity index (χ2n) is 4.74. The van der Waals surface area contributed by atoms with E-state index in [4.69, 9.17) is 4.52 Å². The van der Waals surface area contributed by atoms with E-state index in [0.717, 1.165) is 5.56 Å². The molecule has 3 aromatic heterocycles. The zero-order chi connectivity index (χ0) is 15.5. The van der Waals surface area contributed by atoms with Crippen LogP contribution in [0, 0.1) is 13.8 Å². The molecular formula is C14H14N6O2. The number of nitrogens with one attached hydrogen (secondary N) is 1. The van der Waals surface area contributed by atoms with Gasteiger partial charge in [-0.3, -0.25) is 4.79 Å². The number of anilines is 1. The van der Waals surface area contributed by atoms with E-state index in [0.29, 0.717) is 23.1 Å². The second kappa shape index (κ2) is 5.76. The van der Waals surface area contributed by atoms with Gasteiger partial charge in [0.25, 0.3) is 0 Å². The third kappa shape index (κ3) is 2.85. The molecule has 1 amide bonds. The standard InChI is InChI=1S/C14H14N6O2/c1-9-11(10(2)22-19-9)6-14(21)18-12-7-13(16-8-15-12)20-5-3-4-17-20/h3-5,7-8H,6H2,1-2H3,(H,15,16,18,21). The molecule has 0 aliphatic rings. The van der Waals surface area contributed by atoms with Crippen molar-refractivity contribution >= 4 is 11.7 Å². The molecule has 0 aliphatic heterocycles. The van der Waals surface area contributed by atoms with Crippen LogP contribution in [0.3, 0.4) is 0 Å². The van der Waals surface area contributed by atoms with E-state index in [1.54, 1.807) is 43.1 Å². The summed E-state index contributed by atoms with van der Waals surface area (Å²) < 4.78 is 6.64. The molecule has 0 aromatic carbocycles. The highest BCUT2D eigenvalue weighted by atomic mass is 16.5. The zero-order valence-electron chi connectivity index (χ0n) is 12.1. The van der Waals surface area contributed by atoms with Crippen molar-refractivity contribution in [3.8, 4) is 5.82 Å². The molecule has 22 heavy (non-hydrogen) atoms. The first-order valence-electron chi connectivity index (χ1n) is 6.67. The fraction of sp³-hybridized carbons (Fsp3) is 0.214. The zero-order valence-corrected chi connectivity index (χ0v) is 12.1. The molecule has 0 fully saturated rings. The number of amides is 1. The summed E-state index contributed by atoms with van der Waals surface area (Å²) >= 11 is 0. The fourth-order valence-electron chi connectivity index (χ4n) is 2.05. The van der Waals surface area contributed by atoms with E-state index in [-0.39, 0.29) is 12.3 Å². The maximum Gasteiger partial charge on any atom is 0.230 e. The number of hydrogen-bond acceptors (Lipinski definition) is 6. The van der Waals surface area contributed by atoms with Gasteiger partial charge in [0.1, 0.15) is 17.9 Å². The van der Waals surface area contributed by atoms with Crippen molar-refractivity contribution in [2.24, 2.45) is 0 Å². The molecule has 0 saturated heterocycles. The van der Waals surface area contributed by atoms with Crippen LogP contribution in [0.4, 0.5) is 5.82 Å². The Morgan fingerprint density at radius 1 is 1.36 bits per heavy atom. The van der Waals surface area contributed by atoms with Gasteiger partial charge in [-0.15, -0.1) is 0 Å². The maximum absolute atomic E-state index is 12.1. The second-order valence-corrected chi connectivity index (χ2v) is 4.74. The van der Waals surface area contributed by atoms with Crippen molar-refractivity contribution in [2.45, 2.75) is 20.3 Å². The van der Waals surface area contributed by atoms with Gasteiger partial charge >= 0.3 is 0 Å². The van der Waals surface area contributed by atoms with Crippen molar-refractivity contribution < 1.29 is 9.32 Å². The first-order valence-corrected chi connectivity index (χ1v) is 6.67. The number of hydrogen-bond donors (Lipinski definition) is 1. The molecule has 8 nitrogen and oxygen atoms in total. The minimum atomic E-state index is -0.195. The van der Waals surface area contributed by atoms with Gasteiger partial charge < -0.3 is 9.84 Å². The lowest BCUT2D eigenvalue weighted by Gasteiger charge is -2.06. The molecule has 0 atom stereocenters. The van der Waals surface area contributed by atoms with Crippen molar-refractivity contribution in [3.05, 3.63) is 47.9 Å². The number of aryl methyl sites for hydroxylation is 2. The Morgan fingerprint density at radius 3 is 2.91 bits per heavy atom. The fourth-order valence-corrected chi connectivity index (χ4v) is 2.05. The van der Waals surface area contributed by atoms with Crippen LogP contribution in [-0.4, -0.2) is 30.8 Å². The van der Waals surface area contributed by atoms with E-state index in [1.807, 2.05) is 0 Å². The molecule has 0 spiro atoms. The Kier molecular flexibility index (Phi) is 3.65. The smallest absolute Gasteiger partial charge is 0.230 e. The molecular weight excluding hydrogens is 284 g/mol. The lowest BCUT2D eigenvalue weighted by molar-refractivity contribution is -0.115. The molecule has 3 heterocycles. The normalized spacial score (nSPS) is 10.6. The molecule has 0 radical (unpaired) electrons. The van der Waals surface area contributed by atoms with Gasteiger partial charge in [0.15, 0.2) is 5.82 Å². The summed E-state index contributed by atoms with van der Waals surface area (Å²) in [7, 11) is 0. The number of aromatic nitrogens is 5. The third-order valence-electron chi connectivity index (χ3n) is 3.18. The SMILES string of the molecule is Cc1noc(C)c1CC(=O)Nc1cc(-n2cccn2)ncn1. The van der Waals surface area contributed by atoms with E-state index >= 15 is 0 Å². The Labute approximate surface area is 126 Å². The summed E-state index contributed by atoms with van der Waals surface area (Å²) in [5, 5.41) is 10.7. The average Bonchev–Trinajstić information content (AvgIpc) is 3.13. The molecule has 0 aliphatic carbocycles. The van der Waals surface area contributed by atoms with Crippen LogP contribution in [0.5, 0.6) is 0 Å². The first-order chi connectivity index (χ1) is 10.6. The third-order valence-corrected chi connectivity index (χ3v) is 3.18. The van der Waals surface area contributed by atoms with Crippen LogP contribution in [-0.2, 0) is 11.2 Å². The summed E-state index contributed by atoms with van der Waals surface area (Å²) in [6, 6.07) is 3.44. The van der Waals surface area contributed by atoms with Crippen molar-refractivity contribution in [1.29, 1.82) is 0 Å². The van der Waals surface area contributed by atoms with Crippen molar-refractivity contribution in [2.75, 3.05) is 5.32 Å². The minimum absolute atomic E-state index is 0.183. The van der Waals surface area contributed by atoms with Crippen LogP contribution < -0.4 is 5.32 Å². The summed E-state index contributed by atoms with van der Waals surface area (Å²) in [4.78, 5) is 20.3. The van der Waals surface area contributed by atoms with Crippen LogP contribution in [0.25, 0.3) is 5.82 Å². The van der Waals surface area contributed by atoms with Gasteiger partial charge in [-0.1, -0.05) is 5.16 Å². The summed E-state index contributed by atoms with van der Waals surface area (Å²) in [6.07, 6.45) is 4.97. The number of carbonyl (C=O) groups excluding carboxylic acids is 1. The van der Waals surface area contributed by atoms with Crippen molar-refractivity contribution in [1.82, 2.24) is 24.9 Å². The number of nitrogens with zero attached hydrogens (tertiary/aromatic N) is 5. The van der Waals surface area contributed by atoms with E-state index in [2.05, 4.69) is 25.5 Å². The molecule has 0 unspecified atom stereocenters. The largest absolute Gasteiger partial charge is 0.361 e. The van der Waals surface area contributed by atoms with E-state index in [1.165, 1.54) is 6.33 Å². The van der Waals surface area contributed by atoms with Gasteiger partial charge in [-0.05, 0) is 19.9 Å². The van der Waals surface area contributed by atoms with Crippen LogP contribution in [0.1, 0.15) is 17.0 Å². The highest BCUT2D eigenvalue weighted by Crippen LogP contribution is 2.14. The topological polar surface area (TPSA) is 98.7 Å². The van der Waals surface area contributed by atoms with Gasteiger partial charge in [0.05, 0.1) is 12.1 Å². The molecule has 8 heteroatoms. The Morgan fingerprint density at radius 2 is 2.23 bits per heavy atom. The summed E-state index contributed by atoms with van der Waals surface area (Å²) in [6.45, 7) is 3.59. The highest BCUT2D eigenvalue weighted by Gasteiger charge is 2.14. The van der Waals surface area contributed by atoms with E-state index in [9.17, 15) is 4.79 Å². The van der Waals surface area contributed by atoms with Crippen molar-refractivity contribution in [3.63, 3.8) is 0 Å². The first kappa shape index (κ1) is 13.9. The predicted octanol–water partition coefficient (Wildman–Crippen LogP) is 1.45. The Hall–Kier alpha value is -3.03. The monoisotopic (exact) mass is 298 g/mol. The molecule has 0 saturated carbocycles. The number of rotatable bonds is 4.